The predicted octanol–water partition coefficient (Wildman–Crippen LogP) is 5.30. The maximum atomic E-state index is 12.6. The van der Waals surface area contributed by atoms with Gasteiger partial charge in [0.1, 0.15) is 5.75 Å². The first-order chi connectivity index (χ1) is 13.8. The van der Waals surface area contributed by atoms with Gasteiger partial charge in [0.05, 0.1) is 18.7 Å². The Hall–Kier alpha value is -3.09. The number of methoxy groups -OCH3 is 1. The Balaban J connectivity index is 1.99. The number of ether oxygens (including phenoxy) is 1. The number of halogens is 3. The highest BCUT2D eigenvalue weighted by molar-refractivity contribution is 5.86. The molecule has 0 aliphatic heterocycles. The van der Waals surface area contributed by atoms with Crippen LogP contribution in [0.4, 0.5) is 13.2 Å². The molecular weight excluding hydrogens is 383 g/mol. The molecule has 0 fully saturated rings. The third-order valence-corrected chi connectivity index (χ3v) is 4.73. The van der Waals surface area contributed by atoms with Crippen LogP contribution in [0.5, 0.6) is 5.75 Å². The summed E-state index contributed by atoms with van der Waals surface area (Å²) < 4.78 is 43.0. The van der Waals surface area contributed by atoms with Gasteiger partial charge in [-0.05, 0) is 54.3 Å². The Morgan fingerprint density at radius 2 is 2.00 bits per heavy atom. The number of hydrogen-bond acceptors (Lipinski definition) is 3. The summed E-state index contributed by atoms with van der Waals surface area (Å²) in [5.41, 5.74) is 3.31. The van der Waals surface area contributed by atoms with E-state index in [-0.39, 0.29) is 6.42 Å². The Morgan fingerprint density at radius 1 is 1.28 bits per heavy atom. The maximum Gasteiger partial charge on any atom is 0.389 e. The molecule has 0 bridgehead atoms. The van der Waals surface area contributed by atoms with Crippen LogP contribution in [0.3, 0.4) is 0 Å². The van der Waals surface area contributed by atoms with E-state index in [1.807, 2.05) is 12.1 Å². The van der Waals surface area contributed by atoms with Crippen LogP contribution in [0.1, 0.15) is 24.0 Å². The molecule has 1 aromatic heterocycles. The lowest BCUT2D eigenvalue weighted by atomic mass is 9.90. The fourth-order valence-electron chi connectivity index (χ4n) is 3.13. The lowest BCUT2D eigenvalue weighted by molar-refractivity contribution is -0.140. The van der Waals surface area contributed by atoms with Gasteiger partial charge in [0.2, 0.25) is 0 Å². The number of aliphatic carboxylic acids is 1. The molecule has 0 radical (unpaired) electrons. The monoisotopic (exact) mass is 403 g/mol. The van der Waals surface area contributed by atoms with E-state index in [4.69, 9.17) is 9.84 Å². The molecule has 0 amide bonds. The smallest absolute Gasteiger partial charge is 0.389 e. The number of alkyl halides is 3. The van der Waals surface area contributed by atoms with Gasteiger partial charge < -0.3 is 9.84 Å². The van der Waals surface area contributed by atoms with Crippen molar-refractivity contribution in [1.29, 1.82) is 0 Å². The fourth-order valence-corrected chi connectivity index (χ4v) is 3.13. The average molecular weight is 403 g/mol. The van der Waals surface area contributed by atoms with E-state index in [1.54, 1.807) is 43.5 Å². The highest BCUT2D eigenvalue weighted by Gasteiger charge is 2.27. The Kier molecular flexibility index (Phi) is 6.06. The molecule has 0 saturated heterocycles. The second-order valence-corrected chi connectivity index (χ2v) is 6.78. The number of carbonyl (C=O) groups is 1. The molecule has 1 aliphatic rings. The number of hydrogen-bond donors (Lipinski definition) is 1. The Bertz CT molecular complexity index is 947. The van der Waals surface area contributed by atoms with Crippen molar-refractivity contribution < 1.29 is 27.8 Å². The van der Waals surface area contributed by atoms with Gasteiger partial charge in [0.25, 0.3) is 0 Å². The van der Waals surface area contributed by atoms with Crippen LogP contribution in [0.25, 0.3) is 16.8 Å². The summed E-state index contributed by atoms with van der Waals surface area (Å²) >= 11 is 0. The van der Waals surface area contributed by atoms with Crippen LogP contribution in [0, 0.1) is 5.92 Å². The molecule has 7 heteroatoms. The van der Waals surface area contributed by atoms with Gasteiger partial charge in [0.15, 0.2) is 0 Å². The molecule has 1 aliphatic carbocycles. The summed E-state index contributed by atoms with van der Waals surface area (Å²) in [7, 11) is 1.56. The van der Waals surface area contributed by atoms with E-state index in [1.165, 1.54) is 6.20 Å². The zero-order chi connectivity index (χ0) is 21.0. The fraction of sp³-hybridized carbons (Fsp3) is 0.273. The van der Waals surface area contributed by atoms with Gasteiger partial charge in [-0.1, -0.05) is 18.2 Å². The third kappa shape index (κ3) is 5.25. The standard InChI is InChI=1S/C22H20F3NO3/c1-29-18-8-6-16(7-9-18)20-19(15-2-4-17(5-3-15)21(27)28)12-14(13-26-20)10-11-22(23,24)25/h2-4,6-9,12-13,17H,5,10-11H2,1H3,(H,27,28). The van der Waals surface area contributed by atoms with E-state index in [2.05, 4.69) is 4.98 Å². The first kappa shape index (κ1) is 20.6. The third-order valence-electron chi connectivity index (χ3n) is 4.73. The summed E-state index contributed by atoms with van der Waals surface area (Å²) in [6.45, 7) is 0. The van der Waals surface area contributed by atoms with Crippen LogP contribution >= 0.6 is 0 Å². The molecule has 1 heterocycles. The number of nitrogens with zero attached hydrogens (tertiary/aromatic N) is 1. The van der Waals surface area contributed by atoms with E-state index in [0.717, 1.165) is 11.1 Å². The molecule has 0 saturated carbocycles. The summed E-state index contributed by atoms with van der Waals surface area (Å²) in [6, 6.07) is 8.92. The van der Waals surface area contributed by atoms with Crippen molar-refractivity contribution >= 4 is 11.5 Å². The van der Waals surface area contributed by atoms with Gasteiger partial charge in [-0.3, -0.25) is 9.78 Å². The number of aromatic nitrogens is 1. The number of rotatable bonds is 6. The summed E-state index contributed by atoms with van der Waals surface area (Å²) in [5, 5.41) is 9.16. The van der Waals surface area contributed by atoms with Crippen molar-refractivity contribution in [3.8, 4) is 17.0 Å². The van der Waals surface area contributed by atoms with Crippen molar-refractivity contribution in [2.75, 3.05) is 7.11 Å². The van der Waals surface area contributed by atoms with Gasteiger partial charge >= 0.3 is 12.1 Å². The van der Waals surface area contributed by atoms with Crippen molar-refractivity contribution in [2.24, 2.45) is 5.92 Å². The summed E-state index contributed by atoms with van der Waals surface area (Å²) in [4.78, 5) is 15.6. The van der Waals surface area contributed by atoms with Crippen LogP contribution < -0.4 is 4.74 Å². The lowest BCUT2D eigenvalue weighted by Crippen LogP contribution is -2.12. The molecular formula is C22H20F3NO3. The van der Waals surface area contributed by atoms with Gasteiger partial charge in [-0.2, -0.15) is 13.2 Å². The van der Waals surface area contributed by atoms with E-state index in [0.29, 0.717) is 29.0 Å². The van der Waals surface area contributed by atoms with Gasteiger partial charge in [-0.25, -0.2) is 0 Å². The van der Waals surface area contributed by atoms with Crippen LogP contribution in [0.2, 0.25) is 0 Å². The SMILES string of the molecule is COc1ccc(-c2ncc(CCC(F)(F)F)cc2C2=CCC(C(=O)O)C=C2)cc1. The second-order valence-electron chi connectivity index (χ2n) is 6.78. The molecule has 1 unspecified atom stereocenters. The second kappa shape index (κ2) is 8.51. The zero-order valence-corrected chi connectivity index (χ0v) is 15.7. The van der Waals surface area contributed by atoms with Gasteiger partial charge in [-0.15, -0.1) is 0 Å². The number of benzene rings is 1. The van der Waals surface area contributed by atoms with Crippen molar-refractivity contribution in [1.82, 2.24) is 4.98 Å². The number of carboxylic acid groups (broad SMARTS) is 1. The molecule has 4 nitrogen and oxygen atoms in total. The summed E-state index contributed by atoms with van der Waals surface area (Å²) in [6.07, 6.45) is 1.52. The largest absolute Gasteiger partial charge is 0.497 e. The zero-order valence-electron chi connectivity index (χ0n) is 15.7. The molecule has 152 valence electrons. The van der Waals surface area contributed by atoms with E-state index >= 15 is 0 Å². The normalized spacial score (nSPS) is 16.4. The molecule has 0 spiro atoms. The molecule has 1 atom stereocenters. The van der Waals surface area contributed by atoms with Crippen LogP contribution in [-0.2, 0) is 11.2 Å². The van der Waals surface area contributed by atoms with Crippen molar-refractivity contribution in [3.05, 3.63) is 65.9 Å². The van der Waals surface area contributed by atoms with Crippen LogP contribution in [0.15, 0.2) is 54.8 Å². The number of pyridine rings is 1. The topological polar surface area (TPSA) is 59.4 Å². The minimum atomic E-state index is -4.24. The highest BCUT2D eigenvalue weighted by Crippen LogP contribution is 2.33. The quantitative estimate of drug-likeness (QED) is 0.711. The van der Waals surface area contributed by atoms with Crippen molar-refractivity contribution in [2.45, 2.75) is 25.4 Å². The van der Waals surface area contributed by atoms with Crippen LogP contribution in [-0.4, -0.2) is 29.3 Å². The Morgan fingerprint density at radius 3 is 2.55 bits per heavy atom. The lowest BCUT2D eigenvalue weighted by Gasteiger charge is -2.17. The summed E-state index contributed by atoms with van der Waals surface area (Å²) in [5.74, 6) is -0.841. The Labute approximate surface area is 166 Å². The predicted molar refractivity (Wildman–Crippen MR) is 103 cm³/mol. The molecule has 3 rings (SSSR count). The first-order valence-electron chi connectivity index (χ1n) is 9.08. The van der Waals surface area contributed by atoms with E-state index in [9.17, 15) is 18.0 Å². The van der Waals surface area contributed by atoms with Crippen molar-refractivity contribution in [3.63, 3.8) is 0 Å². The molecule has 1 N–H and O–H groups in total. The minimum Gasteiger partial charge on any atom is -0.497 e. The highest BCUT2D eigenvalue weighted by atomic mass is 19.4. The average Bonchev–Trinajstić information content (AvgIpc) is 2.72. The minimum absolute atomic E-state index is 0.166. The number of carboxylic acids is 1. The maximum absolute atomic E-state index is 12.6. The number of aryl methyl sites for hydroxylation is 1. The molecule has 2 aromatic rings. The first-order valence-corrected chi connectivity index (χ1v) is 9.08. The van der Waals surface area contributed by atoms with E-state index < -0.39 is 24.5 Å². The van der Waals surface area contributed by atoms with Gasteiger partial charge in [0, 0.05) is 23.7 Å². The molecule has 1 aromatic carbocycles. The number of allylic oxidation sites excluding steroid dienone is 3. The molecule has 29 heavy (non-hydrogen) atoms.